The van der Waals surface area contributed by atoms with Crippen molar-refractivity contribution < 1.29 is 9.53 Å². The number of morpholine rings is 1. The van der Waals surface area contributed by atoms with Gasteiger partial charge in [-0.05, 0) is 28.0 Å². The Morgan fingerprint density at radius 3 is 2.41 bits per heavy atom. The third-order valence-corrected chi connectivity index (χ3v) is 6.16. The Hall–Kier alpha value is -1.73. The number of ether oxygens (including phenoxy) is 1. The Kier molecular flexibility index (Phi) is 6.19. The molecule has 1 atom stereocenters. The highest BCUT2D eigenvalue weighted by Gasteiger charge is 2.33. The molecule has 1 aromatic carbocycles. The average Bonchev–Trinajstić information content (AvgIpc) is 3.24. The number of hydrogen-bond donors (Lipinski definition) is 0. The minimum Gasteiger partial charge on any atom is -0.378 e. The lowest BCUT2D eigenvalue weighted by molar-refractivity contribution is -0.142. The number of hydrogen-bond acceptors (Lipinski definition) is 5. The first kappa shape index (κ1) is 18.6. The van der Waals surface area contributed by atoms with Crippen molar-refractivity contribution in [2.24, 2.45) is 0 Å². The molecule has 0 saturated carbocycles. The number of thiophene rings is 1. The van der Waals surface area contributed by atoms with Gasteiger partial charge in [-0.1, -0.05) is 30.3 Å². The molecular formula is C21H27N3O2S. The second-order valence-electron chi connectivity index (χ2n) is 7.19. The standard InChI is InChI=1S/C21H27N3O2S/c25-21(24-11-13-26-14-12-24)20(19-4-2-1-3-5-19)23-9-7-22(8-10-23)16-18-6-15-27-17-18/h1-6,15,17,20H,7-14,16H2. The van der Waals surface area contributed by atoms with Crippen molar-refractivity contribution in [3.8, 4) is 0 Å². The SMILES string of the molecule is O=C(C(c1ccccc1)N1CCN(Cc2ccsc2)CC1)N1CCOCC1. The average molecular weight is 386 g/mol. The largest absolute Gasteiger partial charge is 0.378 e. The molecule has 2 fully saturated rings. The van der Waals surface area contributed by atoms with Crippen molar-refractivity contribution in [3.05, 3.63) is 58.3 Å². The van der Waals surface area contributed by atoms with Crippen LogP contribution in [0.1, 0.15) is 17.2 Å². The Morgan fingerprint density at radius 1 is 1.00 bits per heavy atom. The van der Waals surface area contributed by atoms with Gasteiger partial charge in [-0.25, -0.2) is 0 Å². The quantitative estimate of drug-likeness (QED) is 0.792. The van der Waals surface area contributed by atoms with Crippen molar-refractivity contribution in [2.75, 3.05) is 52.5 Å². The monoisotopic (exact) mass is 385 g/mol. The predicted octanol–water partition coefficient (Wildman–Crippen LogP) is 2.47. The summed E-state index contributed by atoms with van der Waals surface area (Å²) < 4.78 is 5.43. The molecule has 2 saturated heterocycles. The fourth-order valence-electron chi connectivity index (χ4n) is 3.92. The van der Waals surface area contributed by atoms with E-state index in [0.29, 0.717) is 26.3 Å². The normalized spacial score (nSPS) is 20.5. The van der Waals surface area contributed by atoms with E-state index in [1.54, 1.807) is 11.3 Å². The van der Waals surface area contributed by atoms with Crippen LogP contribution >= 0.6 is 11.3 Å². The molecule has 1 amide bonds. The van der Waals surface area contributed by atoms with Crippen molar-refractivity contribution in [2.45, 2.75) is 12.6 Å². The van der Waals surface area contributed by atoms with Gasteiger partial charge >= 0.3 is 0 Å². The van der Waals surface area contributed by atoms with Crippen molar-refractivity contribution in [1.29, 1.82) is 0 Å². The topological polar surface area (TPSA) is 36.0 Å². The smallest absolute Gasteiger partial charge is 0.244 e. The molecule has 2 aliphatic heterocycles. The summed E-state index contributed by atoms with van der Waals surface area (Å²) in [4.78, 5) is 20.2. The van der Waals surface area contributed by atoms with Crippen LogP contribution in [0, 0.1) is 0 Å². The Balaban J connectivity index is 1.45. The summed E-state index contributed by atoms with van der Waals surface area (Å²) in [5.41, 5.74) is 2.48. The van der Waals surface area contributed by atoms with E-state index in [0.717, 1.165) is 38.3 Å². The Morgan fingerprint density at radius 2 is 1.74 bits per heavy atom. The number of piperazine rings is 1. The van der Waals surface area contributed by atoms with Gasteiger partial charge < -0.3 is 9.64 Å². The lowest BCUT2D eigenvalue weighted by Crippen LogP contribution is -2.52. The van der Waals surface area contributed by atoms with E-state index < -0.39 is 0 Å². The maximum absolute atomic E-state index is 13.4. The minimum absolute atomic E-state index is 0.187. The van der Waals surface area contributed by atoms with Gasteiger partial charge in [-0.2, -0.15) is 11.3 Å². The van der Waals surface area contributed by atoms with E-state index in [9.17, 15) is 4.79 Å². The molecule has 2 aromatic rings. The lowest BCUT2D eigenvalue weighted by Gasteiger charge is -2.41. The number of amides is 1. The predicted molar refractivity (Wildman–Crippen MR) is 108 cm³/mol. The summed E-state index contributed by atoms with van der Waals surface area (Å²) in [5, 5.41) is 4.36. The number of nitrogens with zero attached hydrogens (tertiary/aromatic N) is 3. The first-order chi connectivity index (χ1) is 13.3. The number of carbonyl (C=O) groups excluding carboxylic acids is 1. The maximum Gasteiger partial charge on any atom is 0.244 e. The summed E-state index contributed by atoms with van der Waals surface area (Å²) >= 11 is 1.75. The summed E-state index contributed by atoms with van der Waals surface area (Å²) in [6.45, 7) is 7.50. The van der Waals surface area contributed by atoms with Crippen LogP contribution in [0.2, 0.25) is 0 Å². The molecule has 144 valence electrons. The van der Waals surface area contributed by atoms with E-state index in [2.05, 4.69) is 38.8 Å². The van der Waals surface area contributed by atoms with E-state index in [1.165, 1.54) is 5.56 Å². The molecule has 3 heterocycles. The zero-order valence-electron chi connectivity index (χ0n) is 15.6. The van der Waals surface area contributed by atoms with E-state index in [4.69, 9.17) is 4.74 Å². The molecule has 2 aliphatic rings. The van der Waals surface area contributed by atoms with Crippen LogP contribution in [0.4, 0.5) is 0 Å². The Bertz CT molecular complexity index is 708. The third kappa shape index (κ3) is 4.58. The first-order valence-corrected chi connectivity index (χ1v) is 10.6. The molecule has 5 nitrogen and oxygen atoms in total. The maximum atomic E-state index is 13.4. The van der Waals surface area contributed by atoms with Crippen molar-refractivity contribution in [3.63, 3.8) is 0 Å². The summed E-state index contributed by atoms with van der Waals surface area (Å²) in [6, 6.07) is 12.3. The van der Waals surface area contributed by atoms with Gasteiger partial charge in [0.2, 0.25) is 5.91 Å². The number of carbonyl (C=O) groups is 1. The second-order valence-corrected chi connectivity index (χ2v) is 7.97. The number of benzene rings is 1. The van der Waals surface area contributed by atoms with Crippen molar-refractivity contribution in [1.82, 2.24) is 14.7 Å². The van der Waals surface area contributed by atoms with Gasteiger partial charge in [-0.3, -0.25) is 14.6 Å². The van der Waals surface area contributed by atoms with E-state index >= 15 is 0 Å². The van der Waals surface area contributed by atoms with Gasteiger partial charge in [0.1, 0.15) is 6.04 Å². The van der Waals surface area contributed by atoms with Crippen LogP contribution in [-0.2, 0) is 16.1 Å². The highest BCUT2D eigenvalue weighted by molar-refractivity contribution is 7.07. The van der Waals surface area contributed by atoms with E-state index in [-0.39, 0.29) is 11.9 Å². The highest BCUT2D eigenvalue weighted by atomic mass is 32.1. The van der Waals surface area contributed by atoms with Crippen LogP contribution in [0.15, 0.2) is 47.2 Å². The molecular weight excluding hydrogens is 358 g/mol. The van der Waals surface area contributed by atoms with Gasteiger partial charge in [0.25, 0.3) is 0 Å². The van der Waals surface area contributed by atoms with Crippen LogP contribution in [0.25, 0.3) is 0 Å². The molecule has 0 bridgehead atoms. The minimum atomic E-state index is -0.187. The molecule has 1 unspecified atom stereocenters. The first-order valence-electron chi connectivity index (χ1n) is 9.70. The summed E-state index contributed by atoms with van der Waals surface area (Å²) in [7, 11) is 0. The van der Waals surface area contributed by atoms with Crippen LogP contribution in [-0.4, -0.2) is 73.1 Å². The molecule has 27 heavy (non-hydrogen) atoms. The molecule has 0 N–H and O–H groups in total. The molecule has 0 radical (unpaired) electrons. The highest BCUT2D eigenvalue weighted by Crippen LogP contribution is 2.25. The van der Waals surface area contributed by atoms with Crippen LogP contribution in [0.5, 0.6) is 0 Å². The third-order valence-electron chi connectivity index (χ3n) is 5.43. The molecule has 0 spiro atoms. The summed E-state index contributed by atoms with van der Waals surface area (Å²) in [5.74, 6) is 0.218. The fourth-order valence-corrected chi connectivity index (χ4v) is 4.58. The number of rotatable bonds is 5. The zero-order chi connectivity index (χ0) is 18.5. The Labute approximate surface area is 165 Å². The van der Waals surface area contributed by atoms with Crippen LogP contribution in [0.3, 0.4) is 0 Å². The molecule has 0 aliphatic carbocycles. The van der Waals surface area contributed by atoms with Gasteiger partial charge in [0.05, 0.1) is 13.2 Å². The lowest BCUT2D eigenvalue weighted by atomic mass is 10.0. The van der Waals surface area contributed by atoms with Gasteiger partial charge in [0, 0.05) is 45.8 Å². The second kappa shape index (κ2) is 8.97. The van der Waals surface area contributed by atoms with Crippen molar-refractivity contribution >= 4 is 17.2 Å². The molecule has 1 aromatic heterocycles. The van der Waals surface area contributed by atoms with E-state index in [1.807, 2.05) is 23.1 Å². The van der Waals surface area contributed by atoms with Gasteiger partial charge in [-0.15, -0.1) is 0 Å². The fraction of sp³-hybridized carbons (Fsp3) is 0.476. The molecule has 4 rings (SSSR count). The van der Waals surface area contributed by atoms with Crippen LogP contribution < -0.4 is 0 Å². The zero-order valence-corrected chi connectivity index (χ0v) is 16.4. The molecule has 6 heteroatoms. The summed E-state index contributed by atoms with van der Waals surface area (Å²) in [6.07, 6.45) is 0. The van der Waals surface area contributed by atoms with Gasteiger partial charge in [0.15, 0.2) is 0 Å².